The van der Waals surface area contributed by atoms with Crippen molar-refractivity contribution in [3.8, 4) is 5.75 Å². The summed E-state index contributed by atoms with van der Waals surface area (Å²) in [5.41, 5.74) is 2.40. The summed E-state index contributed by atoms with van der Waals surface area (Å²) in [5, 5.41) is 26.3. The number of allylic oxidation sites excluding steroid dienone is 1. The smallest absolute Gasteiger partial charge is 0.337 e. The molecule has 1 atom stereocenters. The van der Waals surface area contributed by atoms with Crippen LogP contribution in [0.1, 0.15) is 24.1 Å². The van der Waals surface area contributed by atoms with Crippen molar-refractivity contribution in [3.63, 3.8) is 0 Å². The van der Waals surface area contributed by atoms with Crippen LogP contribution in [-0.2, 0) is 9.53 Å². The maximum Gasteiger partial charge on any atom is 0.337 e. The number of aryl methyl sites for hydroxylation is 1. The van der Waals surface area contributed by atoms with Gasteiger partial charge in [-0.2, -0.15) is 0 Å². The minimum absolute atomic E-state index is 0.245. The molecule has 150 valence electrons. The van der Waals surface area contributed by atoms with Crippen molar-refractivity contribution in [1.29, 1.82) is 0 Å². The molecule has 3 rings (SSSR count). The molecule has 0 bridgehead atoms. The van der Waals surface area contributed by atoms with E-state index in [0.29, 0.717) is 16.4 Å². The predicted molar refractivity (Wildman–Crippen MR) is 109 cm³/mol. The SMILES string of the molecule is COC(=O)C1=C(C)N(c2ccc(C)cc2)C(=S)N[C@@H]1c1ccc([O-])c([N+](=O)[O-])c1. The van der Waals surface area contributed by atoms with Crippen LogP contribution in [-0.4, -0.2) is 23.1 Å². The molecule has 1 heterocycles. The van der Waals surface area contributed by atoms with Crippen molar-refractivity contribution in [1.82, 2.24) is 5.32 Å². The van der Waals surface area contributed by atoms with Gasteiger partial charge in [-0.3, -0.25) is 15.0 Å². The largest absolute Gasteiger partial charge is 0.868 e. The molecule has 0 radical (unpaired) electrons. The first-order valence-electron chi connectivity index (χ1n) is 8.66. The van der Waals surface area contributed by atoms with Gasteiger partial charge in [0.25, 0.3) is 5.69 Å². The van der Waals surface area contributed by atoms with Gasteiger partial charge in [0.15, 0.2) is 5.11 Å². The van der Waals surface area contributed by atoms with E-state index in [9.17, 15) is 20.0 Å². The highest BCUT2D eigenvalue weighted by Crippen LogP contribution is 2.36. The van der Waals surface area contributed by atoms with Gasteiger partial charge in [-0.25, -0.2) is 4.79 Å². The number of carbonyl (C=O) groups is 1. The third-order valence-corrected chi connectivity index (χ3v) is 5.00. The number of anilines is 1. The van der Waals surface area contributed by atoms with Crippen LogP contribution in [0.3, 0.4) is 0 Å². The van der Waals surface area contributed by atoms with Gasteiger partial charge >= 0.3 is 5.97 Å². The first-order chi connectivity index (χ1) is 13.7. The molecule has 0 saturated heterocycles. The third-order valence-electron chi connectivity index (χ3n) is 4.70. The van der Waals surface area contributed by atoms with E-state index in [4.69, 9.17) is 17.0 Å². The lowest BCUT2D eigenvalue weighted by molar-refractivity contribution is -0.398. The van der Waals surface area contributed by atoms with E-state index in [-0.39, 0.29) is 5.57 Å². The summed E-state index contributed by atoms with van der Waals surface area (Å²) >= 11 is 5.51. The first kappa shape index (κ1) is 20.3. The summed E-state index contributed by atoms with van der Waals surface area (Å²) in [5.74, 6) is -1.31. The summed E-state index contributed by atoms with van der Waals surface area (Å²) in [6.45, 7) is 3.68. The molecular weight excluding hydrogens is 394 g/mol. The number of carbonyl (C=O) groups excluding carboxylic acids is 1. The van der Waals surface area contributed by atoms with Gasteiger partial charge in [0.05, 0.1) is 23.6 Å². The number of hydrogen-bond acceptors (Lipinski definition) is 6. The highest BCUT2D eigenvalue weighted by atomic mass is 32.1. The van der Waals surface area contributed by atoms with Gasteiger partial charge < -0.3 is 15.2 Å². The van der Waals surface area contributed by atoms with E-state index >= 15 is 0 Å². The molecule has 0 aliphatic carbocycles. The van der Waals surface area contributed by atoms with E-state index in [1.807, 2.05) is 31.2 Å². The van der Waals surface area contributed by atoms with Crippen LogP contribution in [0.25, 0.3) is 0 Å². The van der Waals surface area contributed by atoms with Crippen LogP contribution in [0.4, 0.5) is 11.4 Å². The van der Waals surface area contributed by atoms with Crippen LogP contribution in [0.5, 0.6) is 5.75 Å². The first-order valence-corrected chi connectivity index (χ1v) is 9.07. The lowest BCUT2D eigenvalue weighted by Gasteiger charge is -2.37. The normalized spacial score (nSPS) is 16.4. The zero-order chi connectivity index (χ0) is 21.3. The number of methoxy groups -OCH3 is 1. The Morgan fingerprint density at radius 1 is 1.21 bits per heavy atom. The standard InChI is InChI=1S/C20H19N3O5S/c1-11-4-7-14(8-5-11)22-12(2)17(19(25)28-3)18(21-20(22)29)13-6-9-16(24)15(10-13)23(26)27/h4-10,18,24H,1-3H3,(H,21,29)/p-1/t18-/m1/s1. The molecule has 0 saturated carbocycles. The molecule has 0 spiro atoms. The predicted octanol–water partition coefficient (Wildman–Crippen LogP) is 2.86. The van der Waals surface area contributed by atoms with Crippen molar-refractivity contribution < 1.29 is 19.6 Å². The molecule has 0 unspecified atom stereocenters. The highest BCUT2D eigenvalue weighted by molar-refractivity contribution is 7.80. The molecule has 1 aliphatic rings. The molecular formula is C20H18N3O5S-. The van der Waals surface area contributed by atoms with Crippen LogP contribution in [0, 0.1) is 17.0 Å². The van der Waals surface area contributed by atoms with Gasteiger partial charge in [-0.1, -0.05) is 29.8 Å². The van der Waals surface area contributed by atoms with Gasteiger partial charge in [0.2, 0.25) is 0 Å². The van der Waals surface area contributed by atoms with E-state index in [1.165, 1.54) is 13.2 Å². The summed E-state index contributed by atoms with van der Waals surface area (Å²) in [6, 6.07) is 10.5. The average Bonchev–Trinajstić information content (AvgIpc) is 2.68. The minimum atomic E-state index is -0.795. The maximum absolute atomic E-state index is 12.6. The Balaban J connectivity index is 2.15. The van der Waals surface area contributed by atoms with Crippen LogP contribution < -0.4 is 15.3 Å². The second-order valence-electron chi connectivity index (χ2n) is 6.53. The quantitative estimate of drug-likeness (QED) is 0.353. The summed E-state index contributed by atoms with van der Waals surface area (Å²) in [4.78, 5) is 24.7. The molecule has 1 N–H and O–H groups in total. The van der Waals surface area contributed by atoms with Crippen LogP contribution in [0.15, 0.2) is 53.7 Å². The Kier molecular flexibility index (Phi) is 5.51. The van der Waals surface area contributed by atoms with Gasteiger partial charge in [-0.15, -0.1) is 0 Å². The minimum Gasteiger partial charge on any atom is -0.868 e. The number of rotatable bonds is 4. The van der Waals surface area contributed by atoms with Crippen LogP contribution >= 0.6 is 12.2 Å². The fourth-order valence-corrected chi connectivity index (χ4v) is 3.59. The summed E-state index contributed by atoms with van der Waals surface area (Å²) in [7, 11) is 1.26. The summed E-state index contributed by atoms with van der Waals surface area (Å²) < 4.78 is 4.95. The Morgan fingerprint density at radius 2 is 1.86 bits per heavy atom. The van der Waals surface area contributed by atoms with Gasteiger partial charge in [0.1, 0.15) is 0 Å². The fraction of sp³-hybridized carbons (Fsp3) is 0.200. The Hall–Kier alpha value is -3.46. The second kappa shape index (κ2) is 7.88. The van der Waals surface area contributed by atoms with E-state index in [2.05, 4.69) is 5.32 Å². The van der Waals surface area contributed by atoms with Crippen molar-refractivity contribution in [3.05, 3.63) is 75.0 Å². The number of hydrogen-bond donors (Lipinski definition) is 1. The Labute approximate surface area is 172 Å². The van der Waals surface area contributed by atoms with Crippen molar-refractivity contribution in [2.24, 2.45) is 0 Å². The molecule has 0 fully saturated rings. The maximum atomic E-state index is 12.6. The average molecular weight is 412 g/mol. The third kappa shape index (κ3) is 3.77. The van der Waals surface area contributed by atoms with Gasteiger partial charge in [0, 0.05) is 17.5 Å². The molecule has 0 aromatic heterocycles. The Bertz CT molecular complexity index is 1030. The second-order valence-corrected chi connectivity index (χ2v) is 6.92. The highest BCUT2D eigenvalue weighted by Gasteiger charge is 2.35. The van der Waals surface area contributed by atoms with Crippen molar-refractivity contribution in [2.45, 2.75) is 19.9 Å². The topological polar surface area (TPSA) is 108 Å². The van der Waals surface area contributed by atoms with E-state index in [0.717, 1.165) is 23.4 Å². The zero-order valence-electron chi connectivity index (χ0n) is 16.0. The van der Waals surface area contributed by atoms with Gasteiger partial charge in [-0.05, 0) is 49.5 Å². The van der Waals surface area contributed by atoms with Crippen LogP contribution in [0.2, 0.25) is 0 Å². The number of ether oxygens (including phenoxy) is 1. The molecule has 29 heavy (non-hydrogen) atoms. The van der Waals surface area contributed by atoms with E-state index in [1.54, 1.807) is 11.8 Å². The molecule has 1 aliphatic heterocycles. The van der Waals surface area contributed by atoms with E-state index < -0.39 is 28.4 Å². The molecule has 2 aromatic rings. The number of nitro groups is 1. The van der Waals surface area contributed by atoms with Crippen molar-refractivity contribution >= 4 is 34.7 Å². The number of thiocarbonyl (C=S) groups is 1. The van der Waals surface area contributed by atoms with Crippen molar-refractivity contribution in [2.75, 3.05) is 12.0 Å². The molecule has 0 amide bonds. The fourth-order valence-electron chi connectivity index (χ4n) is 3.23. The number of esters is 1. The lowest BCUT2D eigenvalue weighted by atomic mass is 9.94. The Morgan fingerprint density at radius 3 is 2.45 bits per heavy atom. The number of nitrogens with zero attached hydrogens (tertiary/aromatic N) is 2. The molecule has 9 heteroatoms. The summed E-state index contributed by atoms with van der Waals surface area (Å²) in [6.07, 6.45) is 0. The zero-order valence-corrected chi connectivity index (χ0v) is 16.8. The molecule has 8 nitrogen and oxygen atoms in total. The monoisotopic (exact) mass is 412 g/mol. The molecule has 2 aromatic carbocycles. The number of benzene rings is 2. The number of nitrogens with one attached hydrogen (secondary N) is 1. The lowest BCUT2D eigenvalue weighted by Crippen LogP contribution is -2.48. The number of nitro benzene ring substituents is 1.